The van der Waals surface area contributed by atoms with Gasteiger partial charge < -0.3 is 11.1 Å². The molecule has 1 amide bonds. The molecular weight excluding hydrogens is 274 g/mol. The summed E-state index contributed by atoms with van der Waals surface area (Å²) in [6.07, 6.45) is 5.98. The Bertz CT molecular complexity index is 606. The van der Waals surface area contributed by atoms with E-state index >= 15 is 0 Å². The molecule has 0 saturated heterocycles. The molecule has 22 heavy (non-hydrogen) atoms. The SMILES string of the molecule is CCCC(C)(N)C(=O)Nc1ccc(Cc2ccncc2)cc1. The molecule has 0 fully saturated rings. The number of amides is 1. The minimum atomic E-state index is -0.829. The zero-order valence-electron chi connectivity index (χ0n) is 13.2. The van der Waals surface area contributed by atoms with Gasteiger partial charge in [0.2, 0.25) is 5.91 Å². The third kappa shape index (κ3) is 4.40. The quantitative estimate of drug-likeness (QED) is 0.860. The number of nitrogens with two attached hydrogens (primary N) is 1. The maximum atomic E-state index is 12.2. The minimum absolute atomic E-state index is 0.142. The number of carbonyl (C=O) groups excluding carboxylic acids is 1. The lowest BCUT2D eigenvalue weighted by molar-refractivity contribution is -0.120. The van der Waals surface area contributed by atoms with Gasteiger partial charge in [-0.2, -0.15) is 0 Å². The fraction of sp³-hybridized carbons (Fsp3) is 0.333. The summed E-state index contributed by atoms with van der Waals surface area (Å²) in [4.78, 5) is 16.2. The van der Waals surface area contributed by atoms with Crippen molar-refractivity contribution in [1.82, 2.24) is 4.98 Å². The Morgan fingerprint density at radius 1 is 1.14 bits per heavy atom. The van der Waals surface area contributed by atoms with E-state index in [1.807, 2.05) is 43.3 Å². The fourth-order valence-corrected chi connectivity index (χ4v) is 2.35. The van der Waals surface area contributed by atoms with E-state index in [0.717, 1.165) is 18.5 Å². The molecule has 2 aromatic rings. The third-order valence-electron chi connectivity index (χ3n) is 3.66. The van der Waals surface area contributed by atoms with Crippen molar-refractivity contribution < 1.29 is 4.79 Å². The molecule has 0 saturated carbocycles. The zero-order valence-corrected chi connectivity index (χ0v) is 13.2. The van der Waals surface area contributed by atoms with Gasteiger partial charge in [-0.25, -0.2) is 0 Å². The number of rotatable bonds is 6. The van der Waals surface area contributed by atoms with Crippen LogP contribution in [0.2, 0.25) is 0 Å². The van der Waals surface area contributed by atoms with Crippen molar-refractivity contribution in [2.24, 2.45) is 5.73 Å². The normalized spacial score (nSPS) is 13.4. The summed E-state index contributed by atoms with van der Waals surface area (Å²) in [5.41, 5.74) is 8.38. The van der Waals surface area contributed by atoms with E-state index in [9.17, 15) is 4.79 Å². The summed E-state index contributed by atoms with van der Waals surface area (Å²) in [6, 6.07) is 11.9. The Labute approximate surface area is 131 Å². The lowest BCUT2D eigenvalue weighted by Crippen LogP contribution is -2.48. The van der Waals surface area contributed by atoms with Crippen molar-refractivity contribution in [3.05, 3.63) is 59.9 Å². The van der Waals surface area contributed by atoms with E-state index < -0.39 is 5.54 Å². The van der Waals surface area contributed by atoms with Crippen molar-refractivity contribution in [3.63, 3.8) is 0 Å². The molecule has 0 bridgehead atoms. The van der Waals surface area contributed by atoms with Gasteiger partial charge in [0.05, 0.1) is 5.54 Å². The Kier molecular flexibility index (Phi) is 5.28. The van der Waals surface area contributed by atoms with Crippen molar-refractivity contribution in [3.8, 4) is 0 Å². The molecule has 1 aromatic carbocycles. The molecule has 2 rings (SSSR count). The van der Waals surface area contributed by atoms with Crippen LogP contribution in [0, 0.1) is 0 Å². The van der Waals surface area contributed by atoms with Gasteiger partial charge in [0, 0.05) is 18.1 Å². The van der Waals surface area contributed by atoms with Crippen molar-refractivity contribution in [2.75, 3.05) is 5.32 Å². The van der Waals surface area contributed by atoms with E-state index in [0.29, 0.717) is 6.42 Å². The molecule has 3 N–H and O–H groups in total. The fourth-order valence-electron chi connectivity index (χ4n) is 2.35. The maximum Gasteiger partial charge on any atom is 0.244 e. The van der Waals surface area contributed by atoms with E-state index in [2.05, 4.69) is 10.3 Å². The molecule has 0 aliphatic heterocycles. The standard InChI is InChI=1S/C18H23N3O/c1-3-10-18(2,19)17(22)21-16-6-4-14(5-7-16)13-15-8-11-20-12-9-15/h4-9,11-12H,3,10,13,19H2,1-2H3,(H,21,22). The summed E-state index contributed by atoms with van der Waals surface area (Å²) in [6.45, 7) is 3.79. The van der Waals surface area contributed by atoms with Gasteiger partial charge in [0.15, 0.2) is 0 Å². The molecule has 0 spiro atoms. The Morgan fingerprint density at radius 2 is 1.73 bits per heavy atom. The second-order valence-corrected chi connectivity index (χ2v) is 5.85. The number of hydrogen-bond acceptors (Lipinski definition) is 3. The highest BCUT2D eigenvalue weighted by atomic mass is 16.2. The molecule has 4 nitrogen and oxygen atoms in total. The molecule has 1 heterocycles. The summed E-state index contributed by atoms with van der Waals surface area (Å²) in [5.74, 6) is -0.142. The number of benzene rings is 1. The second kappa shape index (κ2) is 7.18. The first-order valence-corrected chi connectivity index (χ1v) is 7.59. The predicted octanol–water partition coefficient (Wildman–Crippen LogP) is 3.13. The van der Waals surface area contributed by atoms with Crippen LogP contribution in [0.15, 0.2) is 48.8 Å². The average molecular weight is 297 g/mol. The number of nitrogens with one attached hydrogen (secondary N) is 1. The van der Waals surface area contributed by atoms with Gasteiger partial charge in [0.1, 0.15) is 0 Å². The zero-order chi connectivity index (χ0) is 16.0. The first kappa shape index (κ1) is 16.2. The van der Waals surface area contributed by atoms with Crippen LogP contribution < -0.4 is 11.1 Å². The van der Waals surface area contributed by atoms with Crippen molar-refractivity contribution in [1.29, 1.82) is 0 Å². The average Bonchev–Trinajstić information content (AvgIpc) is 2.50. The molecule has 0 radical (unpaired) electrons. The molecule has 1 unspecified atom stereocenters. The van der Waals surface area contributed by atoms with Gasteiger partial charge in [-0.1, -0.05) is 25.5 Å². The van der Waals surface area contributed by atoms with Crippen LogP contribution in [-0.2, 0) is 11.2 Å². The topological polar surface area (TPSA) is 68.0 Å². The number of anilines is 1. The summed E-state index contributed by atoms with van der Waals surface area (Å²) < 4.78 is 0. The lowest BCUT2D eigenvalue weighted by Gasteiger charge is -2.22. The van der Waals surface area contributed by atoms with Crippen LogP contribution in [-0.4, -0.2) is 16.4 Å². The summed E-state index contributed by atoms with van der Waals surface area (Å²) in [7, 11) is 0. The minimum Gasteiger partial charge on any atom is -0.325 e. The number of hydrogen-bond donors (Lipinski definition) is 2. The maximum absolute atomic E-state index is 12.2. The Balaban J connectivity index is 1.99. The van der Waals surface area contributed by atoms with E-state index in [-0.39, 0.29) is 5.91 Å². The molecule has 1 atom stereocenters. The van der Waals surface area contributed by atoms with Crippen LogP contribution in [0.1, 0.15) is 37.8 Å². The van der Waals surface area contributed by atoms with E-state index in [4.69, 9.17) is 5.73 Å². The monoisotopic (exact) mass is 297 g/mol. The second-order valence-electron chi connectivity index (χ2n) is 5.85. The van der Waals surface area contributed by atoms with E-state index in [1.54, 1.807) is 19.3 Å². The van der Waals surface area contributed by atoms with Crippen LogP contribution >= 0.6 is 0 Å². The number of pyridine rings is 1. The Hall–Kier alpha value is -2.20. The van der Waals surface area contributed by atoms with Crippen LogP contribution in [0.5, 0.6) is 0 Å². The number of nitrogens with zero attached hydrogens (tertiary/aromatic N) is 1. The van der Waals surface area contributed by atoms with Gasteiger partial charge in [-0.05, 0) is 55.2 Å². The molecule has 0 aliphatic rings. The predicted molar refractivity (Wildman–Crippen MR) is 89.6 cm³/mol. The highest BCUT2D eigenvalue weighted by Crippen LogP contribution is 2.16. The van der Waals surface area contributed by atoms with Crippen LogP contribution in [0.3, 0.4) is 0 Å². The van der Waals surface area contributed by atoms with Crippen LogP contribution in [0.25, 0.3) is 0 Å². The van der Waals surface area contributed by atoms with Crippen molar-refractivity contribution in [2.45, 2.75) is 38.6 Å². The van der Waals surface area contributed by atoms with Crippen LogP contribution in [0.4, 0.5) is 5.69 Å². The summed E-state index contributed by atoms with van der Waals surface area (Å²) >= 11 is 0. The number of aromatic nitrogens is 1. The smallest absolute Gasteiger partial charge is 0.244 e. The van der Waals surface area contributed by atoms with Gasteiger partial charge in [0.25, 0.3) is 0 Å². The highest BCUT2D eigenvalue weighted by Gasteiger charge is 2.26. The third-order valence-corrected chi connectivity index (χ3v) is 3.66. The molecule has 4 heteroatoms. The largest absolute Gasteiger partial charge is 0.325 e. The first-order chi connectivity index (χ1) is 10.5. The summed E-state index contributed by atoms with van der Waals surface area (Å²) in [5, 5.41) is 2.88. The lowest BCUT2D eigenvalue weighted by atomic mass is 9.96. The molecule has 1 aromatic heterocycles. The molecular formula is C18H23N3O. The molecule has 0 aliphatic carbocycles. The van der Waals surface area contributed by atoms with E-state index in [1.165, 1.54) is 11.1 Å². The van der Waals surface area contributed by atoms with Crippen molar-refractivity contribution >= 4 is 11.6 Å². The van der Waals surface area contributed by atoms with Gasteiger partial charge in [-0.3, -0.25) is 9.78 Å². The molecule has 116 valence electrons. The van der Waals surface area contributed by atoms with Gasteiger partial charge >= 0.3 is 0 Å². The Morgan fingerprint density at radius 3 is 2.32 bits per heavy atom. The number of carbonyl (C=O) groups is 1. The highest BCUT2D eigenvalue weighted by molar-refractivity contribution is 5.97. The van der Waals surface area contributed by atoms with Gasteiger partial charge in [-0.15, -0.1) is 0 Å². The first-order valence-electron chi connectivity index (χ1n) is 7.59.